The fraction of sp³-hybridized carbons (Fsp3) is 0.500. The summed E-state index contributed by atoms with van der Waals surface area (Å²) >= 11 is 3.30. The number of rotatable bonds is 4. The van der Waals surface area contributed by atoms with Gasteiger partial charge in [0.05, 0.1) is 5.54 Å². The van der Waals surface area contributed by atoms with Crippen molar-refractivity contribution in [3.05, 3.63) is 34.1 Å². The predicted octanol–water partition coefficient (Wildman–Crippen LogP) is 2.25. The number of nitrogens with one attached hydrogen (secondary N) is 1. The summed E-state index contributed by atoms with van der Waals surface area (Å²) in [4.78, 5) is 23.0. The van der Waals surface area contributed by atoms with Crippen molar-refractivity contribution in [1.29, 1.82) is 0 Å². The van der Waals surface area contributed by atoms with Crippen LogP contribution < -0.4 is 5.32 Å². The lowest BCUT2D eigenvalue weighted by atomic mass is 9.80. The quantitative estimate of drug-likeness (QED) is 0.776. The highest BCUT2D eigenvalue weighted by atomic mass is 79.9. The second kappa shape index (κ2) is 6.97. The lowest BCUT2D eigenvalue weighted by Gasteiger charge is -2.36. The molecule has 1 aromatic carbocycles. The molecule has 1 fully saturated rings. The summed E-state index contributed by atoms with van der Waals surface area (Å²) in [7, 11) is 0. The molecule has 0 saturated heterocycles. The lowest BCUT2D eigenvalue weighted by Crippen LogP contribution is -2.49. The summed E-state index contributed by atoms with van der Waals surface area (Å²) < 4.78 is 20.3. The van der Waals surface area contributed by atoms with Crippen LogP contribution in [0.25, 0.3) is 0 Å². The fourth-order valence-electron chi connectivity index (χ4n) is 3.39. The molecule has 0 aliphatic heterocycles. The molecule has 1 aliphatic rings. The molecule has 1 amide bonds. The zero-order valence-electron chi connectivity index (χ0n) is 12.9. The molecule has 0 heterocycles. The number of aliphatic hydroxyl groups is 1. The first-order valence-electron chi connectivity index (χ1n) is 7.31. The number of benzene rings is 1. The zero-order valence-corrected chi connectivity index (χ0v) is 14.5. The highest BCUT2D eigenvalue weighted by molar-refractivity contribution is 9.10. The van der Waals surface area contributed by atoms with Crippen LogP contribution in [0.2, 0.25) is 0 Å². The maximum absolute atomic E-state index is 14.5. The van der Waals surface area contributed by atoms with Gasteiger partial charge in [-0.2, -0.15) is 0 Å². The van der Waals surface area contributed by atoms with E-state index in [1.54, 1.807) is 12.1 Å². The van der Waals surface area contributed by atoms with Crippen molar-refractivity contribution in [3.63, 3.8) is 0 Å². The van der Waals surface area contributed by atoms with Crippen LogP contribution in [-0.2, 0) is 19.9 Å². The van der Waals surface area contributed by atoms with Gasteiger partial charge in [-0.3, -0.25) is 9.59 Å². The molecule has 2 N–H and O–H groups in total. The third-order valence-corrected chi connectivity index (χ3v) is 4.65. The van der Waals surface area contributed by atoms with E-state index in [-0.39, 0.29) is 24.5 Å². The van der Waals surface area contributed by atoms with Gasteiger partial charge < -0.3 is 15.2 Å². The average Bonchev–Trinajstić information content (AvgIpc) is 2.78. The highest BCUT2D eigenvalue weighted by Gasteiger charge is 2.51. The highest BCUT2D eigenvalue weighted by Crippen LogP contribution is 2.46. The van der Waals surface area contributed by atoms with Gasteiger partial charge in [0.2, 0.25) is 5.91 Å². The van der Waals surface area contributed by atoms with Crippen molar-refractivity contribution in [3.8, 4) is 0 Å². The first kappa shape index (κ1) is 17.9. The van der Waals surface area contributed by atoms with Crippen LogP contribution in [0.1, 0.15) is 32.3 Å². The van der Waals surface area contributed by atoms with E-state index in [0.717, 1.165) is 0 Å². The van der Waals surface area contributed by atoms with E-state index in [4.69, 9.17) is 4.74 Å². The van der Waals surface area contributed by atoms with Crippen molar-refractivity contribution < 1.29 is 23.8 Å². The number of ether oxygens (including phenoxy) is 1. The van der Waals surface area contributed by atoms with Gasteiger partial charge in [-0.15, -0.1) is 0 Å². The topological polar surface area (TPSA) is 75.6 Å². The molecule has 1 aromatic rings. The van der Waals surface area contributed by atoms with Gasteiger partial charge in [-0.25, -0.2) is 4.39 Å². The van der Waals surface area contributed by atoms with Gasteiger partial charge in [0.25, 0.3) is 0 Å². The molecule has 0 unspecified atom stereocenters. The van der Waals surface area contributed by atoms with Gasteiger partial charge in [-0.05, 0) is 24.6 Å². The van der Waals surface area contributed by atoms with Crippen LogP contribution in [-0.4, -0.2) is 29.7 Å². The Hall–Kier alpha value is -1.47. The molecule has 0 aromatic heterocycles. The van der Waals surface area contributed by atoms with Gasteiger partial charge >= 0.3 is 5.97 Å². The Morgan fingerprint density at radius 1 is 1.48 bits per heavy atom. The number of hydrogen-bond acceptors (Lipinski definition) is 4. The molecular weight excluding hydrogens is 369 g/mol. The minimum Gasteiger partial charge on any atom is -0.462 e. The largest absolute Gasteiger partial charge is 0.462 e. The molecule has 1 saturated carbocycles. The van der Waals surface area contributed by atoms with Crippen molar-refractivity contribution >= 4 is 27.8 Å². The third-order valence-electron chi connectivity index (χ3n) is 4.16. The van der Waals surface area contributed by atoms with E-state index in [9.17, 15) is 19.1 Å². The first-order chi connectivity index (χ1) is 10.8. The van der Waals surface area contributed by atoms with Gasteiger partial charge in [0.1, 0.15) is 11.9 Å². The molecule has 5 nitrogen and oxygen atoms in total. The molecule has 0 bridgehead atoms. The standard InChI is InChI=1S/C16H19BrFNO4/c1-9(21)19-16(14-6-12(17)3-4-15(14)18)7-13(23-10(2)22)5-11(16)8-20/h3-4,6,11,13,20H,5,7-8H2,1-2H3,(H,19,21)/t11-,13-,16-/m0/s1. The fourth-order valence-corrected chi connectivity index (χ4v) is 3.75. The summed E-state index contributed by atoms with van der Waals surface area (Å²) in [5.74, 6) is -1.73. The second-order valence-electron chi connectivity index (χ2n) is 5.83. The minimum atomic E-state index is -1.12. The van der Waals surface area contributed by atoms with Gasteiger partial charge in [-0.1, -0.05) is 15.9 Å². The monoisotopic (exact) mass is 387 g/mol. The summed E-state index contributed by atoms with van der Waals surface area (Å²) in [5.41, 5.74) is -0.843. The Morgan fingerprint density at radius 3 is 2.74 bits per heavy atom. The molecule has 3 atom stereocenters. The van der Waals surface area contributed by atoms with Crippen molar-refractivity contribution in [2.24, 2.45) is 5.92 Å². The molecule has 0 radical (unpaired) electrons. The van der Waals surface area contributed by atoms with E-state index in [0.29, 0.717) is 10.9 Å². The number of halogens is 2. The summed E-state index contributed by atoms with van der Waals surface area (Å²) in [6.45, 7) is 2.38. The van der Waals surface area contributed by atoms with E-state index in [1.165, 1.54) is 19.9 Å². The Balaban J connectivity index is 2.51. The minimum absolute atomic E-state index is 0.213. The molecule has 126 valence electrons. The first-order valence-corrected chi connectivity index (χ1v) is 8.10. The molecule has 23 heavy (non-hydrogen) atoms. The molecule has 7 heteroatoms. The van der Waals surface area contributed by atoms with Crippen LogP contribution >= 0.6 is 15.9 Å². The van der Waals surface area contributed by atoms with Crippen molar-refractivity contribution in [1.82, 2.24) is 5.32 Å². The van der Waals surface area contributed by atoms with Crippen LogP contribution in [0.5, 0.6) is 0 Å². The molecule has 2 rings (SSSR count). The smallest absolute Gasteiger partial charge is 0.302 e. The third kappa shape index (κ3) is 3.72. The van der Waals surface area contributed by atoms with Crippen molar-refractivity contribution in [2.75, 3.05) is 6.61 Å². The summed E-state index contributed by atoms with van der Waals surface area (Å²) in [6.07, 6.45) is 0.0717. The number of carbonyl (C=O) groups is 2. The van der Waals surface area contributed by atoms with E-state index < -0.39 is 29.3 Å². The summed E-state index contributed by atoms with van der Waals surface area (Å²) in [6, 6.07) is 4.45. The Bertz CT molecular complexity index is 624. The second-order valence-corrected chi connectivity index (χ2v) is 6.74. The lowest BCUT2D eigenvalue weighted by molar-refractivity contribution is -0.146. The Kier molecular flexibility index (Phi) is 5.41. The zero-order chi connectivity index (χ0) is 17.2. The van der Waals surface area contributed by atoms with Crippen LogP contribution in [0, 0.1) is 11.7 Å². The maximum Gasteiger partial charge on any atom is 0.302 e. The number of esters is 1. The van der Waals surface area contributed by atoms with E-state index in [2.05, 4.69) is 21.2 Å². The van der Waals surface area contributed by atoms with Gasteiger partial charge in [0.15, 0.2) is 0 Å². The number of carbonyl (C=O) groups excluding carboxylic acids is 2. The van der Waals surface area contributed by atoms with E-state index >= 15 is 0 Å². The van der Waals surface area contributed by atoms with Crippen LogP contribution in [0.15, 0.2) is 22.7 Å². The SMILES string of the molecule is CC(=O)N[C@@]1(c2cc(Br)ccc2F)C[C@@H](OC(C)=O)C[C@H]1CO. The van der Waals surface area contributed by atoms with Crippen LogP contribution in [0.4, 0.5) is 4.39 Å². The molecule has 0 spiro atoms. The number of aliphatic hydroxyl groups excluding tert-OH is 1. The maximum atomic E-state index is 14.5. The Labute approximate surface area is 142 Å². The molecular formula is C16H19BrFNO4. The number of amides is 1. The normalized spacial score (nSPS) is 26.8. The molecule has 1 aliphatic carbocycles. The predicted molar refractivity (Wildman–Crippen MR) is 85.0 cm³/mol. The number of hydrogen-bond donors (Lipinski definition) is 2. The van der Waals surface area contributed by atoms with Gasteiger partial charge in [0, 0.05) is 42.8 Å². The Morgan fingerprint density at radius 2 is 2.17 bits per heavy atom. The average molecular weight is 388 g/mol. The van der Waals surface area contributed by atoms with Crippen LogP contribution in [0.3, 0.4) is 0 Å². The van der Waals surface area contributed by atoms with E-state index in [1.807, 2.05) is 0 Å². The summed E-state index contributed by atoms with van der Waals surface area (Å²) in [5, 5.41) is 12.6. The van der Waals surface area contributed by atoms with Crippen molar-refractivity contribution in [2.45, 2.75) is 38.3 Å².